The average molecular weight is 340 g/mol. The number of aromatic amines is 1. The van der Waals surface area contributed by atoms with E-state index in [2.05, 4.69) is 21.0 Å². The molecule has 0 aliphatic heterocycles. The number of hydrogen-bond acceptors (Lipinski definition) is 4. The summed E-state index contributed by atoms with van der Waals surface area (Å²) >= 11 is 0. The van der Waals surface area contributed by atoms with E-state index >= 15 is 0 Å². The number of H-pyrrole nitrogens is 1. The second kappa shape index (κ2) is 6.91. The van der Waals surface area contributed by atoms with Crippen molar-refractivity contribution in [3.05, 3.63) is 76.0 Å². The summed E-state index contributed by atoms with van der Waals surface area (Å²) in [6.07, 6.45) is -0.229. The van der Waals surface area contributed by atoms with Crippen molar-refractivity contribution in [2.75, 3.05) is 0 Å². The molecule has 0 fully saturated rings. The van der Waals surface area contributed by atoms with Crippen molar-refractivity contribution >= 4 is 22.6 Å². The lowest BCUT2D eigenvalue weighted by molar-refractivity contribution is -0.121. The van der Waals surface area contributed by atoms with Crippen molar-refractivity contribution in [3.63, 3.8) is 0 Å². The van der Waals surface area contributed by atoms with Crippen LogP contribution in [-0.4, -0.2) is 22.0 Å². The summed E-state index contributed by atoms with van der Waals surface area (Å²) < 4.78 is 13.5. The topological polar surface area (TPSA) is 104 Å². The van der Waals surface area contributed by atoms with Crippen LogP contribution in [0.5, 0.6) is 0 Å². The van der Waals surface area contributed by atoms with Gasteiger partial charge in [-0.15, -0.1) is 0 Å². The number of nitrogens with zero attached hydrogens (tertiary/aromatic N) is 1. The first kappa shape index (κ1) is 16.3. The van der Waals surface area contributed by atoms with Crippen LogP contribution in [0.4, 0.5) is 4.39 Å². The van der Waals surface area contributed by atoms with Gasteiger partial charge in [-0.3, -0.25) is 25.2 Å². The number of hydrogen-bond donors (Lipinski definition) is 3. The Balaban J connectivity index is 1.71. The average Bonchev–Trinajstić information content (AvgIpc) is 2.62. The van der Waals surface area contributed by atoms with Crippen LogP contribution < -0.4 is 16.4 Å². The number of carbonyl (C=O) groups is 2. The molecule has 2 amide bonds. The second-order valence-electron chi connectivity index (χ2n) is 5.22. The minimum absolute atomic E-state index is 0.0404. The maximum Gasteiger partial charge on any atom is 0.290 e. The first-order chi connectivity index (χ1) is 12.1. The molecule has 1 heterocycles. The van der Waals surface area contributed by atoms with E-state index in [4.69, 9.17) is 0 Å². The van der Waals surface area contributed by atoms with Crippen molar-refractivity contribution < 1.29 is 14.0 Å². The van der Waals surface area contributed by atoms with Crippen molar-refractivity contribution in [1.29, 1.82) is 0 Å². The second-order valence-corrected chi connectivity index (χ2v) is 5.22. The molecule has 0 saturated heterocycles. The molecule has 0 aliphatic rings. The summed E-state index contributed by atoms with van der Waals surface area (Å²) in [6, 6.07) is 12.3. The Morgan fingerprint density at radius 2 is 1.68 bits per heavy atom. The fourth-order valence-electron chi connectivity index (χ4n) is 2.33. The molecule has 3 aromatic rings. The fourth-order valence-corrected chi connectivity index (χ4v) is 2.33. The third kappa shape index (κ3) is 3.52. The Kier molecular flexibility index (Phi) is 4.51. The standard InChI is InChI=1S/C17H13FN4O3/c18-13-8-4-1-5-10(13)9-14(23)19-22-17(25)15-11-6-2-3-7-12(11)16(24)21-20-15/h1-8H,9H2,(H,19,23)(H,21,24)(H,22,25). The molecule has 0 spiro atoms. The summed E-state index contributed by atoms with van der Waals surface area (Å²) in [5.41, 5.74) is 4.15. The quantitative estimate of drug-likeness (QED) is 0.620. The van der Waals surface area contributed by atoms with Crippen LogP contribution in [0, 0.1) is 5.82 Å². The van der Waals surface area contributed by atoms with Crippen LogP contribution in [-0.2, 0) is 11.2 Å². The maximum absolute atomic E-state index is 13.5. The molecule has 0 aliphatic carbocycles. The Morgan fingerprint density at radius 1 is 1.00 bits per heavy atom. The minimum Gasteiger partial charge on any atom is -0.273 e. The van der Waals surface area contributed by atoms with Gasteiger partial charge >= 0.3 is 0 Å². The number of nitrogens with one attached hydrogen (secondary N) is 3. The molecule has 3 N–H and O–H groups in total. The highest BCUT2D eigenvalue weighted by atomic mass is 19.1. The van der Waals surface area contributed by atoms with Crippen LogP contribution in [0.2, 0.25) is 0 Å². The number of fused-ring (bicyclic) bond motifs is 1. The Hall–Kier alpha value is -3.55. The van der Waals surface area contributed by atoms with Gasteiger partial charge in [0.2, 0.25) is 5.91 Å². The monoisotopic (exact) mass is 340 g/mol. The smallest absolute Gasteiger partial charge is 0.273 e. The van der Waals surface area contributed by atoms with Crippen LogP contribution in [0.3, 0.4) is 0 Å². The van der Waals surface area contributed by atoms with Gasteiger partial charge in [0.05, 0.1) is 11.8 Å². The zero-order chi connectivity index (χ0) is 17.8. The van der Waals surface area contributed by atoms with Crippen molar-refractivity contribution in [2.45, 2.75) is 6.42 Å². The largest absolute Gasteiger partial charge is 0.290 e. The van der Waals surface area contributed by atoms with E-state index < -0.39 is 23.2 Å². The van der Waals surface area contributed by atoms with Crippen LogP contribution in [0.1, 0.15) is 16.1 Å². The number of rotatable bonds is 3. The van der Waals surface area contributed by atoms with Crippen molar-refractivity contribution in [3.8, 4) is 0 Å². The van der Waals surface area contributed by atoms with E-state index in [-0.39, 0.29) is 17.7 Å². The SMILES string of the molecule is O=C(Cc1ccccc1F)NNC(=O)c1n[nH]c(=O)c2ccccc12. The molecular weight excluding hydrogens is 327 g/mol. The summed E-state index contributed by atoms with van der Waals surface area (Å²) in [5.74, 6) is -1.79. The third-order valence-electron chi connectivity index (χ3n) is 3.54. The number of carbonyl (C=O) groups excluding carboxylic acids is 2. The van der Waals surface area contributed by atoms with Crippen molar-refractivity contribution in [2.24, 2.45) is 0 Å². The van der Waals surface area contributed by atoms with E-state index in [0.29, 0.717) is 10.8 Å². The Morgan fingerprint density at radius 3 is 2.44 bits per heavy atom. The normalized spacial score (nSPS) is 10.4. The van der Waals surface area contributed by atoms with Gasteiger partial charge in [0, 0.05) is 5.39 Å². The number of halogens is 1. The lowest BCUT2D eigenvalue weighted by Gasteiger charge is -2.08. The first-order valence-electron chi connectivity index (χ1n) is 7.36. The zero-order valence-corrected chi connectivity index (χ0v) is 12.9. The molecule has 0 unspecified atom stereocenters. The molecule has 0 bridgehead atoms. The van der Waals surface area contributed by atoms with E-state index in [1.807, 2.05) is 0 Å². The molecule has 25 heavy (non-hydrogen) atoms. The van der Waals surface area contributed by atoms with Gasteiger partial charge in [-0.2, -0.15) is 5.10 Å². The molecule has 0 atom stereocenters. The first-order valence-corrected chi connectivity index (χ1v) is 7.36. The molecule has 1 aromatic heterocycles. The number of hydrazine groups is 1. The lowest BCUT2D eigenvalue weighted by atomic mass is 10.1. The highest BCUT2D eigenvalue weighted by Gasteiger charge is 2.15. The van der Waals surface area contributed by atoms with E-state index in [0.717, 1.165) is 0 Å². The molecule has 2 aromatic carbocycles. The van der Waals surface area contributed by atoms with Crippen molar-refractivity contribution in [1.82, 2.24) is 21.0 Å². The highest BCUT2D eigenvalue weighted by molar-refractivity contribution is 6.05. The predicted molar refractivity (Wildman–Crippen MR) is 88.1 cm³/mol. The summed E-state index contributed by atoms with van der Waals surface area (Å²) in [4.78, 5) is 35.8. The van der Waals surface area contributed by atoms with Gasteiger partial charge in [0.1, 0.15) is 5.82 Å². The molecular formula is C17H13FN4O3. The molecule has 3 rings (SSSR count). The fraction of sp³-hybridized carbons (Fsp3) is 0.0588. The summed E-state index contributed by atoms with van der Waals surface area (Å²) in [5, 5.41) is 6.61. The van der Waals surface area contributed by atoms with Crippen LogP contribution >= 0.6 is 0 Å². The van der Waals surface area contributed by atoms with E-state index in [1.54, 1.807) is 30.3 Å². The van der Waals surface area contributed by atoms with E-state index in [9.17, 15) is 18.8 Å². The zero-order valence-electron chi connectivity index (χ0n) is 12.9. The molecule has 0 saturated carbocycles. The summed E-state index contributed by atoms with van der Waals surface area (Å²) in [7, 11) is 0. The maximum atomic E-state index is 13.5. The van der Waals surface area contributed by atoms with Gasteiger partial charge in [-0.05, 0) is 17.7 Å². The molecule has 126 valence electrons. The molecule has 0 radical (unpaired) electrons. The van der Waals surface area contributed by atoms with Crippen LogP contribution in [0.25, 0.3) is 10.8 Å². The Bertz CT molecular complexity index is 1020. The van der Waals surface area contributed by atoms with E-state index in [1.165, 1.54) is 18.2 Å². The minimum atomic E-state index is -0.700. The molecule has 8 heteroatoms. The predicted octanol–water partition coefficient (Wildman–Crippen LogP) is 1.07. The van der Waals surface area contributed by atoms with Gasteiger partial charge in [-0.1, -0.05) is 36.4 Å². The third-order valence-corrected chi connectivity index (χ3v) is 3.54. The lowest BCUT2D eigenvalue weighted by Crippen LogP contribution is -2.43. The van der Waals surface area contributed by atoms with Gasteiger partial charge in [0.15, 0.2) is 5.69 Å². The van der Waals surface area contributed by atoms with Gasteiger partial charge in [-0.25, -0.2) is 9.49 Å². The summed E-state index contributed by atoms with van der Waals surface area (Å²) in [6.45, 7) is 0. The highest BCUT2D eigenvalue weighted by Crippen LogP contribution is 2.12. The molecule has 7 nitrogen and oxygen atoms in total. The number of amides is 2. The van der Waals surface area contributed by atoms with Gasteiger partial charge in [0.25, 0.3) is 11.5 Å². The van der Waals surface area contributed by atoms with Gasteiger partial charge < -0.3 is 0 Å². The number of benzene rings is 2. The number of aromatic nitrogens is 2. The Labute approximate surface area is 140 Å². The van der Waals surface area contributed by atoms with Crippen LogP contribution in [0.15, 0.2) is 53.3 Å².